The Morgan fingerprint density at radius 3 is 2.95 bits per heavy atom. The molecule has 19 heavy (non-hydrogen) atoms. The van der Waals surface area contributed by atoms with Gasteiger partial charge in [0.15, 0.2) is 0 Å². The van der Waals surface area contributed by atoms with Gasteiger partial charge in [0, 0.05) is 19.6 Å². The number of nitrogens with zero attached hydrogens (tertiary/aromatic N) is 1. The summed E-state index contributed by atoms with van der Waals surface area (Å²) in [6.45, 7) is 7.07. The summed E-state index contributed by atoms with van der Waals surface area (Å²) in [6, 6.07) is 10.4. The predicted molar refractivity (Wildman–Crippen MR) is 77.6 cm³/mol. The Morgan fingerprint density at radius 2 is 2.21 bits per heavy atom. The highest BCUT2D eigenvalue weighted by Crippen LogP contribution is 2.18. The molecule has 1 atom stereocenters. The van der Waals surface area contributed by atoms with Crippen LogP contribution < -0.4 is 5.32 Å². The van der Waals surface area contributed by atoms with Gasteiger partial charge in [0.1, 0.15) is 0 Å². The van der Waals surface area contributed by atoms with Crippen LogP contribution in [0.4, 0.5) is 0 Å². The quantitative estimate of drug-likeness (QED) is 0.821. The van der Waals surface area contributed by atoms with Crippen LogP contribution in [0, 0.1) is 5.92 Å². The number of carbonyl (C=O) groups excluding carboxylic acids is 1. The zero-order chi connectivity index (χ0) is 13.5. The Labute approximate surface area is 115 Å². The van der Waals surface area contributed by atoms with Crippen LogP contribution in [-0.4, -0.2) is 30.4 Å². The normalized spacial score (nSPS) is 19.9. The van der Waals surface area contributed by atoms with Gasteiger partial charge in [-0.05, 0) is 24.9 Å². The summed E-state index contributed by atoms with van der Waals surface area (Å²) in [5.41, 5.74) is 1.31. The molecule has 0 spiro atoms. The van der Waals surface area contributed by atoms with Gasteiger partial charge in [-0.1, -0.05) is 36.4 Å². The van der Waals surface area contributed by atoms with Gasteiger partial charge in [-0.15, -0.1) is 6.58 Å². The van der Waals surface area contributed by atoms with Gasteiger partial charge < -0.3 is 5.32 Å². The molecule has 0 radical (unpaired) electrons. The van der Waals surface area contributed by atoms with Crippen LogP contribution in [0.1, 0.15) is 18.4 Å². The van der Waals surface area contributed by atoms with E-state index < -0.39 is 0 Å². The Hall–Kier alpha value is -1.61. The van der Waals surface area contributed by atoms with E-state index in [9.17, 15) is 4.79 Å². The van der Waals surface area contributed by atoms with Gasteiger partial charge in [-0.3, -0.25) is 9.69 Å². The molecule has 3 nitrogen and oxygen atoms in total. The highest BCUT2D eigenvalue weighted by Gasteiger charge is 2.25. The molecule has 0 aromatic heterocycles. The fourth-order valence-corrected chi connectivity index (χ4v) is 2.57. The third-order valence-corrected chi connectivity index (χ3v) is 3.55. The molecular weight excluding hydrogens is 236 g/mol. The molecule has 1 aliphatic rings. The molecule has 1 aromatic carbocycles. The molecule has 3 heteroatoms. The number of amides is 1. The molecule has 1 N–H and O–H groups in total. The zero-order valence-corrected chi connectivity index (χ0v) is 11.3. The number of rotatable bonds is 5. The van der Waals surface area contributed by atoms with Crippen molar-refractivity contribution >= 4 is 5.91 Å². The van der Waals surface area contributed by atoms with Crippen LogP contribution in [0.2, 0.25) is 0 Å². The number of likely N-dealkylation sites (tertiary alicyclic amines) is 1. The summed E-state index contributed by atoms with van der Waals surface area (Å²) in [5, 5.41) is 2.90. The van der Waals surface area contributed by atoms with E-state index in [2.05, 4.69) is 41.1 Å². The van der Waals surface area contributed by atoms with Gasteiger partial charge in [-0.2, -0.15) is 0 Å². The lowest BCUT2D eigenvalue weighted by Gasteiger charge is -2.31. The molecule has 1 saturated heterocycles. The molecule has 1 heterocycles. The Kier molecular flexibility index (Phi) is 5.16. The van der Waals surface area contributed by atoms with Gasteiger partial charge in [0.25, 0.3) is 0 Å². The SMILES string of the molecule is C=CCNC(=O)[C@H]1CCCN(Cc2ccccc2)C1. The monoisotopic (exact) mass is 258 g/mol. The van der Waals surface area contributed by atoms with Gasteiger partial charge >= 0.3 is 0 Å². The van der Waals surface area contributed by atoms with Gasteiger partial charge in [0.2, 0.25) is 5.91 Å². The fourth-order valence-electron chi connectivity index (χ4n) is 2.57. The fraction of sp³-hybridized carbons (Fsp3) is 0.438. The lowest BCUT2D eigenvalue weighted by atomic mass is 9.96. The van der Waals surface area contributed by atoms with Crippen LogP contribution in [0.5, 0.6) is 0 Å². The van der Waals surface area contributed by atoms with Gasteiger partial charge in [0.05, 0.1) is 5.92 Å². The molecule has 1 fully saturated rings. The Morgan fingerprint density at radius 1 is 1.42 bits per heavy atom. The lowest BCUT2D eigenvalue weighted by molar-refractivity contribution is -0.126. The van der Waals surface area contributed by atoms with Crippen LogP contribution in [0.15, 0.2) is 43.0 Å². The van der Waals surface area contributed by atoms with E-state index in [4.69, 9.17) is 0 Å². The van der Waals surface area contributed by atoms with Crippen molar-refractivity contribution in [1.29, 1.82) is 0 Å². The number of piperidine rings is 1. The molecule has 0 saturated carbocycles. The van der Waals surface area contributed by atoms with E-state index in [0.717, 1.165) is 32.5 Å². The topological polar surface area (TPSA) is 32.3 Å². The minimum absolute atomic E-state index is 0.123. The van der Waals surface area contributed by atoms with Crippen molar-refractivity contribution in [3.63, 3.8) is 0 Å². The first kappa shape index (κ1) is 13.8. The van der Waals surface area contributed by atoms with E-state index in [1.54, 1.807) is 6.08 Å². The van der Waals surface area contributed by atoms with Crippen molar-refractivity contribution in [1.82, 2.24) is 10.2 Å². The summed E-state index contributed by atoms with van der Waals surface area (Å²) >= 11 is 0. The maximum Gasteiger partial charge on any atom is 0.224 e. The highest BCUT2D eigenvalue weighted by molar-refractivity contribution is 5.79. The maximum absolute atomic E-state index is 12.0. The minimum Gasteiger partial charge on any atom is -0.352 e. The van der Waals surface area contributed by atoms with Crippen LogP contribution in [0.25, 0.3) is 0 Å². The maximum atomic E-state index is 12.0. The molecule has 2 rings (SSSR count). The van der Waals surface area contributed by atoms with Crippen molar-refractivity contribution < 1.29 is 4.79 Å². The Bertz CT molecular complexity index is 416. The minimum atomic E-state index is 0.123. The molecule has 0 bridgehead atoms. The zero-order valence-electron chi connectivity index (χ0n) is 11.3. The Balaban J connectivity index is 1.86. The number of nitrogens with one attached hydrogen (secondary N) is 1. The first-order chi connectivity index (χ1) is 9.29. The third kappa shape index (κ3) is 4.21. The number of hydrogen-bond acceptors (Lipinski definition) is 2. The van der Waals surface area contributed by atoms with Crippen molar-refractivity contribution in [2.45, 2.75) is 19.4 Å². The smallest absolute Gasteiger partial charge is 0.224 e. The molecule has 1 aromatic rings. The second-order valence-electron chi connectivity index (χ2n) is 5.09. The number of carbonyl (C=O) groups is 1. The van der Waals surface area contributed by atoms with Crippen LogP contribution >= 0.6 is 0 Å². The van der Waals surface area contributed by atoms with Gasteiger partial charge in [-0.25, -0.2) is 0 Å². The lowest BCUT2D eigenvalue weighted by Crippen LogP contribution is -2.42. The standard InChI is InChI=1S/C16H22N2O/c1-2-10-17-16(19)15-9-6-11-18(13-15)12-14-7-4-3-5-8-14/h2-5,7-8,15H,1,6,9-13H2,(H,17,19)/t15-/m0/s1. The van der Waals surface area contributed by atoms with Crippen molar-refractivity contribution in [2.75, 3.05) is 19.6 Å². The molecule has 1 aliphatic heterocycles. The van der Waals surface area contributed by atoms with Crippen molar-refractivity contribution in [3.8, 4) is 0 Å². The summed E-state index contributed by atoms with van der Waals surface area (Å²) in [7, 11) is 0. The predicted octanol–water partition coefficient (Wildman–Crippen LogP) is 2.20. The van der Waals surface area contributed by atoms with E-state index in [-0.39, 0.29) is 11.8 Å². The van der Waals surface area contributed by atoms with E-state index in [1.807, 2.05) is 6.07 Å². The second-order valence-corrected chi connectivity index (χ2v) is 5.09. The summed E-state index contributed by atoms with van der Waals surface area (Å²) in [6.07, 6.45) is 3.82. The van der Waals surface area contributed by atoms with Crippen LogP contribution in [0.3, 0.4) is 0 Å². The van der Waals surface area contributed by atoms with Crippen LogP contribution in [-0.2, 0) is 11.3 Å². The summed E-state index contributed by atoms with van der Waals surface area (Å²) in [4.78, 5) is 14.3. The number of hydrogen-bond donors (Lipinski definition) is 1. The second kappa shape index (κ2) is 7.10. The summed E-state index contributed by atoms with van der Waals surface area (Å²) < 4.78 is 0. The molecular formula is C16H22N2O. The first-order valence-electron chi connectivity index (χ1n) is 6.94. The van der Waals surface area contributed by atoms with E-state index in [0.29, 0.717) is 6.54 Å². The number of benzene rings is 1. The first-order valence-corrected chi connectivity index (χ1v) is 6.94. The summed E-state index contributed by atoms with van der Waals surface area (Å²) in [5.74, 6) is 0.287. The van der Waals surface area contributed by atoms with E-state index >= 15 is 0 Å². The van der Waals surface area contributed by atoms with Crippen molar-refractivity contribution in [2.24, 2.45) is 5.92 Å². The molecule has 0 unspecified atom stereocenters. The largest absolute Gasteiger partial charge is 0.352 e. The molecule has 102 valence electrons. The average molecular weight is 258 g/mol. The van der Waals surface area contributed by atoms with Crippen molar-refractivity contribution in [3.05, 3.63) is 48.6 Å². The highest BCUT2D eigenvalue weighted by atomic mass is 16.1. The third-order valence-electron chi connectivity index (χ3n) is 3.55. The molecule has 0 aliphatic carbocycles. The average Bonchev–Trinajstić information content (AvgIpc) is 2.46. The molecule has 1 amide bonds. The van der Waals surface area contributed by atoms with E-state index in [1.165, 1.54) is 5.56 Å².